The van der Waals surface area contributed by atoms with E-state index in [1.807, 2.05) is 48.5 Å². The molecule has 212 valence electrons. The zero-order chi connectivity index (χ0) is 28.0. The van der Waals surface area contributed by atoms with Crippen molar-refractivity contribution < 1.29 is 29.0 Å². The summed E-state index contributed by atoms with van der Waals surface area (Å²) in [6.07, 6.45) is 2.74. The van der Waals surface area contributed by atoms with Crippen LogP contribution in [0, 0.1) is 10.1 Å². The SMILES string of the molecule is CC(C)(C)OC(=O)N1CC[C@](CO)([N+](=O)[O-])[C@@H]1COC1CCC(c2ccccc2OCc2ccccc2)CC1. The van der Waals surface area contributed by atoms with Crippen LogP contribution in [0.2, 0.25) is 0 Å². The van der Waals surface area contributed by atoms with Crippen LogP contribution in [0.4, 0.5) is 4.79 Å². The van der Waals surface area contributed by atoms with Crippen molar-refractivity contribution in [3.63, 3.8) is 0 Å². The molecule has 0 radical (unpaired) electrons. The Kier molecular flexibility index (Phi) is 9.12. The zero-order valence-corrected chi connectivity index (χ0v) is 23.1. The van der Waals surface area contributed by atoms with Gasteiger partial charge in [0.2, 0.25) is 0 Å². The van der Waals surface area contributed by atoms with Crippen LogP contribution >= 0.6 is 0 Å². The molecule has 1 heterocycles. The Balaban J connectivity index is 1.37. The fourth-order valence-electron chi connectivity index (χ4n) is 5.62. The Labute approximate surface area is 230 Å². The van der Waals surface area contributed by atoms with Crippen LogP contribution in [0.25, 0.3) is 0 Å². The summed E-state index contributed by atoms with van der Waals surface area (Å²) >= 11 is 0. The molecule has 4 rings (SSSR count). The van der Waals surface area contributed by atoms with Crippen molar-refractivity contribution in [3.05, 3.63) is 75.8 Å². The van der Waals surface area contributed by atoms with E-state index in [9.17, 15) is 20.0 Å². The third-order valence-corrected chi connectivity index (χ3v) is 7.81. The number of nitrogens with zero attached hydrogens (tertiary/aromatic N) is 2. The minimum Gasteiger partial charge on any atom is -0.489 e. The van der Waals surface area contributed by atoms with Gasteiger partial charge in [-0.15, -0.1) is 0 Å². The monoisotopic (exact) mass is 540 g/mol. The first-order chi connectivity index (χ1) is 18.6. The third kappa shape index (κ3) is 6.89. The molecule has 1 saturated heterocycles. The van der Waals surface area contributed by atoms with Gasteiger partial charge in [0.05, 0.1) is 12.7 Å². The molecule has 1 N–H and O–H groups in total. The number of amides is 1. The van der Waals surface area contributed by atoms with Crippen LogP contribution in [0.5, 0.6) is 5.75 Å². The van der Waals surface area contributed by atoms with Gasteiger partial charge in [0.15, 0.2) is 0 Å². The lowest BCUT2D eigenvalue weighted by atomic mass is 9.82. The molecule has 2 aromatic rings. The topological polar surface area (TPSA) is 111 Å². The lowest BCUT2D eigenvalue weighted by Gasteiger charge is -2.34. The lowest BCUT2D eigenvalue weighted by Crippen LogP contribution is -2.57. The first-order valence-electron chi connectivity index (χ1n) is 13.7. The Morgan fingerprint density at radius 1 is 1.08 bits per heavy atom. The van der Waals surface area contributed by atoms with E-state index in [0.29, 0.717) is 12.5 Å². The van der Waals surface area contributed by atoms with Crippen molar-refractivity contribution in [2.75, 3.05) is 19.8 Å². The average molecular weight is 541 g/mol. The summed E-state index contributed by atoms with van der Waals surface area (Å²) in [5.74, 6) is 1.22. The largest absolute Gasteiger partial charge is 0.489 e. The Hall–Kier alpha value is -3.17. The second-order valence-electron chi connectivity index (χ2n) is 11.6. The second-order valence-corrected chi connectivity index (χ2v) is 11.6. The number of aliphatic hydroxyl groups is 1. The van der Waals surface area contributed by atoms with Gasteiger partial charge in [0.1, 0.15) is 30.6 Å². The summed E-state index contributed by atoms with van der Waals surface area (Å²) in [5, 5.41) is 22.1. The van der Waals surface area contributed by atoms with Gasteiger partial charge in [-0.3, -0.25) is 15.0 Å². The smallest absolute Gasteiger partial charge is 0.410 e. The molecule has 9 heteroatoms. The Bertz CT molecular complexity index is 1110. The number of carbonyl (C=O) groups excluding carboxylic acids is 1. The minimum absolute atomic E-state index is 0.0209. The molecule has 0 aromatic heterocycles. The lowest BCUT2D eigenvalue weighted by molar-refractivity contribution is -0.576. The highest BCUT2D eigenvalue weighted by atomic mass is 16.6. The molecule has 0 unspecified atom stereocenters. The number of hydrogen-bond donors (Lipinski definition) is 1. The van der Waals surface area contributed by atoms with E-state index in [-0.39, 0.29) is 25.7 Å². The maximum atomic E-state index is 12.9. The molecule has 9 nitrogen and oxygen atoms in total. The summed E-state index contributed by atoms with van der Waals surface area (Å²) < 4.78 is 17.9. The van der Waals surface area contributed by atoms with Crippen LogP contribution in [-0.4, -0.2) is 64.1 Å². The quantitative estimate of drug-likeness (QED) is 0.338. The highest BCUT2D eigenvalue weighted by Crippen LogP contribution is 2.39. The summed E-state index contributed by atoms with van der Waals surface area (Å²) in [4.78, 5) is 25.8. The molecule has 2 fully saturated rings. The summed E-state index contributed by atoms with van der Waals surface area (Å²) in [5.41, 5.74) is -0.0960. The number of hydrogen-bond acceptors (Lipinski definition) is 7. The predicted molar refractivity (Wildman–Crippen MR) is 146 cm³/mol. The van der Waals surface area contributed by atoms with Crippen molar-refractivity contribution in [2.24, 2.45) is 0 Å². The van der Waals surface area contributed by atoms with Gasteiger partial charge in [-0.1, -0.05) is 48.5 Å². The van der Waals surface area contributed by atoms with Crippen molar-refractivity contribution >= 4 is 6.09 Å². The zero-order valence-electron chi connectivity index (χ0n) is 23.1. The molecular weight excluding hydrogens is 500 g/mol. The molecule has 0 spiro atoms. The van der Waals surface area contributed by atoms with E-state index >= 15 is 0 Å². The van der Waals surface area contributed by atoms with Gasteiger partial charge in [0, 0.05) is 17.9 Å². The second kappa shape index (κ2) is 12.3. The third-order valence-electron chi connectivity index (χ3n) is 7.81. The predicted octanol–water partition coefficient (Wildman–Crippen LogP) is 5.33. The van der Waals surface area contributed by atoms with Crippen LogP contribution < -0.4 is 4.74 Å². The van der Waals surface area contributed by atoms with E-state index in [0.717, 1.165) is 37.0 Å². The van der Waals surface area contributed by atoms with Crippen LogP contribution in [-0.2, 0) is 16.1 Å². The number of carbonyl (C=O) groups is 1. The molecule has 0 bridgehead atoms. The summed E-state index contributed by atoms with van der Waals surface area (Å²) in [6.45, 7) is 5.21. The molecule has 1 saturated carbocycles. The number of ether oxygens (including phenoxy) is 3. The van der Waals surface area contributed by atoms with Gasteiger partial charge in [-0.25, -0.2) is 4.79 Å². The number of nitro groups is 1. The molecule has 2 aliphatic rings. The molecule has 1 amide bonds. The van der Waals surface area contributed by atoms with E-state index < -0.39 is 34.8 Å². The number of benzene rings is 2. The maximum Gasteiger partial charge on any atom is 0.410 e. The van der Waals surface area contributed by atoms with Crippen LogP contribution in [0.3, 0.4) is 0 Å². The highest BCUT2D eigenvalue weighted by molar-refractivity contribution is 5.69. The highest BCUT2D eigenvalue weighted by Gasteiger charge is 2.59. The van der Waals surface area contributed by atoms with Crippen LogP contribution in [0.15, 0.2) is 54.6 Å². The molecule has 1 aliphatic carbocycles. The van der Waals surface area contributed by atoms with Gasteiger partial charge in [-0.05, 0) is 69.6 Å². The van der Waals surface area contributed by atoms with Crippen molar-refractivity contribution in [3.8, 4) is 5.75 Å². The normalized spacial score (nSPS) is 25.3. The average Bonchev–Trinajstić information content (AvgIpc) is 3.31. The van der Waals surface area contributed by atoms with Crippen molar-refractivity contribution in [2.45, 2.75) is 88.7 Å². The first kappa shape index (κ1) is 28.8. The molecule has 1 aliphatic heterocycles. The van der Waals surface area contributed by atoms with Gasteiger partial charge >= 0.3 is 6.09 Å². The number of para-hydroxylation sites is 1. The maximum absolute atomic E-state index is 12.9. The molecule has 2 aromatic carbocycles. The van der Waals surface area contributed by atoms with Crippen LogP contribution in [0.1, 0.15) is 69.9 Å². The van der Waals surface area contributed by atoms with Crippen molar-refractivity contribution in [1.82, 2.24) is 4.90 Å². The summed E-state index contributed by atoms with van der Waals surface area (Å²) in [6, 6.07) is 17.3. The fourth-order valence-corrected chi connectivity index (χ4v) is 5.62. The van der Waals surface area contributed by atoms with E-state index in [2.05, 4.69) is 6.07 Å². The minimum atomic E-state index is -1.66. The number of aliphatic hydroxyl groups excluding tert-OH is 1. The number of likely N-dealkylation sites (tertiary alicyclic amines) is 1. The van der Waals surface area contributed by atoms with Gasteiger partial charge in [-0.2, -0.15) is 0 Å². The van der Waals surface area contributed by atoms with E-state index in [1.54, 1.807) is 20.8 Å². The first-order valence-corrected chi connectivity index (χ1v) is 13.7. The number of rotatable bonds is 9. The van der Waals surface area contributed by atoms with Gasteiger partial charge < -0.3 is 19.3 Å². The van der Waals surface area contributed by atoms with Crippen molar-refractivity contribution in [1.29, 1.82) is 0 Å². The van der Waals surface area contributed by atoms with Gasteiger partial charge in [0.25, 0.3) is 5.54 Å². The molecule has 39 heavy (non-hydrogen) atoms. The van der Waals surface area contributed by atoms with E-state index in [4.69, 9.17) is 14.2 Å². The summed E-state index contributed by atoms with van der Waals surface area (Å²) in [7, 11) is 0. The fraction of sp³-hybridized carbons (Fsp3) is 0.567. The molecule has 2 atom stereocenters. The van der Waals surface area contributed by atoms with E-state index in [1.165, 1.54) is 10.5 Å². The standard InChI is InChI=1S/C30H40N2O7/c1-29(2,3)39-28(34)31-18-17-30(21-33,32(35)36)27(31)20-37-24-15-13-23(14-16-24)25-11-7-8-12-26(25)38-19-22-9-5-4-6-10-22/h4-12,23-24,27,33H,13-21H2,1-3H3/t23?,24?,27-,30+/m0/s1. The molecular formula is C30H40N2O7. The Morgan fingerprint density at radius 2 is 1.74 bits per heavy atom. The Morgan fingerprint density at radius 3 is 2.38 bits per heavy atom.